The first-order valence-electron chi connectivity index (χ1n) is 40.3. The lowest BCUT2D eigenvalue weighted by Gasteiger charge is -2.33. The Hall–Kier alpha value is -13.9. The number of nitrogens with zero attached hydrogens (tertiary/aromatic N) is 1. The van der Waals surface area contributed by atoms with Gasteiger partial charge in [-0.15, -0.1) is 0 Å². The molecule has 2 spiro atoms. The minimum absolute atomic E-state index is 0.402. The van der Waals surface area contributed by atoms with Gasteiger partial charge >= 0.3 is 0 Å². The summed E-state index contributed by atoms with van der Waals surface area (Å²) >= 11 is 0. The summed E-state index contributed by atoms with van der Waals surface area (Å²) in [6.45, 7) is 9.85. The van der Waals surface area contributed by atoms with Crippen LogP contribution in [0, 0.1) is 0 Å². The Morgan fingerprint density at radius 2 is 0.649 bits per heavy atom. The molecule has 17 aromatic carbocycles. The van der Waals surface area contributed by atoms with Gasteiger partial charge in [0.25, 0.3) is 0 Å². The van der Waals surface area contributed by atoms with Crippen LogP contribution in [0.25, 0.3) is 155 Å². The normalized spacial score (nSPS) is 15.1. The fourth-order valence-corrected chi connectivity index (χ4v) is 23.1. The first-order chi connectivity index (χ1) is 56.0. The van der Waals surface area contributed by atoms with E-state index in [0.29, 0.717) is 0 Å². The fraction of sp³-hybridized carbons (Fsp3) is 0.0811. The highest BCUT2D eigenvalue weighted by atomic mass is 16.3. The number of hydrogen-bond donors (Lipinski definition) is 0. The number of rotatable bonds is 6. The Morgan fingerprint density at radius 1 is 0.237 bits per heavy atom. The second-order valence-electron chi connectivity index (χ2n) is 33.9. The zero-order valence-electron chi connectivity index (χ0n) is 63.4. The van der Waals surface area contributed by atoms with Gasteiger partial charge in [0.15, 0.2) is 0 Å². The van der Waals surface area contributed by atoms with Crippen molar-refractivity contribution in [3.8, 4) is 111 Å². The van der Waals surface area contributed by atoms with Gasteiger partial charge in [-0.2, -0.15) is 0 Å². The standard InChI is InChI=1S/C111H71NO2/c1-108(2)91-56-68(48-51-77(91)102-96(108)59-81(84-55-67-29-11-12-30-71(67)101(84)102)66-45-43-64(44-46-66)63-25-7-5-8-26-63)112(69-49-52-78-92(57-69)109(3,4)97-60-82(65-27-9-6-10-28-65)107-106(103(78)97)80-36-18-24-42-99(80)114-107)70-47-50-76-83-61-95-85(62-94(83)111(93(76)58-70)88-39-21-15-33-74(88)75-34-16-22-40-89(75)111)104-90(53-54-100-105(104)79-35-17-23-41-98(79)113-100)110(95)86-37-19-13-31-72(86)73-32-14-20-38-87(73)110/h5-54,56-62H,55H2,1-4H3. The predicted molar refractivity (Wildman–Crippen MR) is 468 cm³/mol. The van der Waals surface area contributed by atoms with Crippen LogP contribution >= 0.6 is 0 Å². The summed E-state index contributed by atoms with van der Waals surface area (Å²) in [5, 5.41) is 4.61. The zero-order chi connectivity index (χ0) is 75.0. The predicted octanol–water partition coefficient (Wildman–Crippen LogP) is 28.8. The summed E-state index contributed by atoms with van der Waals surface area (Å²) in [4.78, 5) is 2.62. The number of benzene rings is 17. The van der Waals surface area contributed by atoms with Gasteiger partial charge in [0.1, 0.15) is 22.3 Å². The second-order valence-corrected chi connectivity index (χ2v) is 33.9. The molecule has 0 radical (unpaired) electrons. The third-order valence-electron chi connectivity index (χ3n) is 27.9. The van der Waals surface area contributed by atoms with Crippen LogP contribution in [-0.2, 0) is 28.1 Å². The molecule has 0 N–H and O–H groups in total. The van der Waals surface area contributed by atoms with Crippen LogP contribution in [0.4, 0.5) is 17.1 Å². The van der Waals surface area contributed by atoms with Crippen molar-refractivity contribution in [1.29, 1.82) is 0 Å². The van der Waals surface area contributed by atoms with E-state index in [9.17, 15) is 0 Å². The van der Waals surface area contributed by atoms with Gasteiger partial charge in [-0.1, -0.05) is 295 Å². The molecular formula is C111H71NO2. The zero-order valence-corrected chi connectivity index (χ0v) is 63.4. The number of hydrogen-bond acceptors (Lipinski definition) is 3. The molecule has 3 heteroatoms. The molecule has 0 saturated carbocycles. The van der Waals surface area contributed by atoms with Crippen LogP contribution < -0.4 is 4.90 Å². The van der Waals surface area contributed by atoms with Crippen molar-refractivity contribution in [2.75, 3.05) is 4.90 Å². The quantitative estimate of drug-likeness (QED) is 0.166. The monoisotopic (exact) mass is 1450 g/mol. The molecule has 0 saturated heterocycles. The van der Waals surface area contributed by atoms with Gasteiger partial charge in [-0.05, 0) is 269 Å². The lowest BCUT2D eigenvalue weighted by atomic mass is 9.68. The number of anilines is 3. The Labute approximate surface area is 661 Å². The van der Waals surface area contributed by atoms with Crippen molar-refractivity contribution in [2.24, 2.45) is 0 Å². The summed E-state index contributed by atoms with van der Waals surface area (Å²) in [7, 11) is 0. The van der Waals surface area contributed by atoms with Crippen LogP contribution in [0.5, 0.6) is 0 Å². The highest BCUT2D eigenvalue weighted by Gasteiger charge is 2.57. The summed E-state index contributed by atoms with van der Waals surface area (Å²) in [6, 6.07) is 132. The molecule has 0 bridgehead atoms. The van der Waals surface area contributed by atoms with Crippen molar-refractivity contribution in [3.63, 3.8) is 0 Å². The van der Waals surface area contributed by atoms with Gasteiger partial charge in [0.2, 0.25) is 0 Å². The number of fused-ring (bicyclic) bond motifs is 38. The average molecular weight is 1450 g/mol. The molecule has 0 amide bonds. The van der Waals surface area contributed by atoms with E-state index in [4.69, 9.17) is 8.83 Å². The Bertz CT molecular complexity index is 7470. The van der Waals surface area contributed by atoms with Gasteiger partial charge in [0, 0.05) is 55.0 Å². The molecule has 0 atom stereocenters. The second kappa shape index (κ2) is 22.0. The number of para-hydroxylation sites is 2. The molecule has 0 aliphatic heterocycles. The van der Waals surface area contributed by atoms with E-state index in [-0.39, 0.29) is 0 Å². The van der Waals surface area contributed by atoms with E-state index < -0.39 is 21.7 Å². The van der Waals surface area contributed by atoms with Gasteiger partial charge in [-0.25, -0.2) is 0 Å². The highest BCUT2D eigenvalue weighted by molar-refractivity contribution is 6.20. The van der Waals surface area contributed by atoms with E-state index >= 15 is 0 Å². The van der Waals surface area contributed by atoms with E-state index in [0.717, 1.165) is 67.7 Å². The van der Waals surface area contributed by atoms with E-state index in [1.54, 1.807) is 0 Å². The van der Waals surface area contributed by atoms with Crippen molar-refractivity contribution >= 4 is 60.9 Å². The molecule has 0 unspecified atom stereocenters. The summed E-state index contributed by atoms with van der Waals surface area (Å²) in [5.74, 6) is 0. The Balaban J connectivity index is 0.728. The van der Waals surface area contributed by atoms with Crippen LogP contribution in [0.3, 0.4) is 0 Å². The lowest BCUT2D eigenvalue weighted by molar-refractivity contribution is 0.657. The third-order valence-corrected chi connectivity index (χ3v) is 27.9. The molecule has 2 aromatic heterocycles. The Kier molecular flexibility index (Phi) is 12.2. The SMILES string of the molecule is CC1(C)c2cc(N(c3ccc4c(c3)C(C)(C)c3cc(-c5ccccc5)c5oc6ccccc6c5c3-4)c3ccc4c(c3)C3(c5ccccc5-c5ccccc53)c3cc5c(cc3-4)C3(c4ccccc4-c4ccccc43)c3ccc4oc6ccccc6c4c3-5)ccc2-c2c1cc(-c1ccc(-c3ccccc3)cc1)c1c2-c2ccccc2C1. The highest BCUT2D eigenvalue weighted by Crippen LogP contribution is 2.70. The average Bonchev–Trinajstić information content (AvgIpc) is 1.48. The summed E-state index contributed by atoms with van der Waals surface area (Å²) < 4.78 is 14.0. The lowest BCUT2D eigenvalue weighted by Crippen LogP contribution is -2.27. The topological polar surface area (TPSA) is 29.5 Å². The van der Waals surface area contributed by atoms with E-state index in [2.05, 4.69) is 378 Å². The van der Waals surface area contributed by atoms with Crippen LogP contribution in [-0.4, -0.2) is 0 Å². The maximum absolute atomic E-state index is 7.04. The first kappa shape index (κ1) is 62.9. The van der Waals surface area contributed by atoms with Gasteiger partial charge in [0.05, 0.1) is 10.8 Å². The summed E-state index contributed by atoms with van der Waals surface area (Å²) in [6.07, 6.45) is 0.882. The molecule has 3 nitrogen and oxygen atoms in total. The minimum atomic E-state index is -0.739. The molecule has 532 valence electrons. The molecule has 19 aromatic rings. The Morgan fingerprint density at radius 3 is 1.27 bits per heavy atom. The molecule has 114 heavy (non-hydrogen) atoms. The minimum Gasteiger partial charge on any atom is -0.456 e. The molecule has 2 heterocycles. The van der Waals surface area contributed by atoms with Crippen LogP contribution in [0.1, 0.15) is 106 Å². The van der Waals surface area contributed by atoms with Crippen molar-refractivity contribution < 1.29 is 8.83 Å². The molecule has 26 rings (SSSR count). The molecule has 0 fully saturated rings. The van der Waals surface area contributed by atoms with Gasteiger partial charge < -0.3 is 13.7 Å². The van der Waals surface area contributed by atoms with Gasteiger partial charge in [-0.3, -0.25) is 0 Å². The smallest absolute Gasteiger partial charge is 0.143 e. The molecule has 7 aliphatic rings. The maximum atomic E-state index is 7.04. The molecular weight excluding hydrogens is 1380 g/mol. The maximum Gasteiger partial charge on any atom is 0.143 e. The van der Waals surface area contributed by atoms with E-state index in [1.807, 2.05) is 0 Å². The van der Waals surface area contributed by atoms with E-state index in [1.165, 1.54) is 189 Å². The number of furan rings is 2. The third kappa shape index (κ3) is 7.77. The summed E-state index contributed by atoms with van der Waals surface area (Å²) in [5.41, 5.74) is 48.5. The largest absolute Gasteiger partial charge is 0.456 e. The fourth-order valence-electron chi connectivity index (χ4n) is 23.1. The van der Waals surface area contributed by atoms with Crippen LogP contribution in [0.2, 0.25) is 0 Å². The van der Waals surface area contributed by atoms with Crippen molar-refractivity contribution in [3.05, 3.63) is 424 Å². The molecule has 7 aliphatic carbocycles. The van der Waals surface area contributed by atoms with Crippen molar-refractivity contribution in [2.45, 2.75) is 55.8 Å². The first-order valence-corrected chi connectivity index (χ1v) is 40.3. The van der Waals surface area contributed by atoms with Crippen molar-refractivity contribution in [1.82, 2.24) is 0 Å². The van der Waals surface area contributed by atoms with Crippen LogP contribution in [0.15, 0.2) is 355 Å².